The second kappa shape index (κ2) is 7.06. The Morgan fingerprint density at radius 3 is 1.68 bits per heavy atom. The maximum atomic E-state index is 9.98. The first-order valence-corrected chi connectivity index (χ1v) is 10.1. The lowest BCUT2D eigenvalue weighted by Crippen LogP contribution is -2.52. The minimum absolute atomic E-state index is 0.0564. The molecule has 25 heavy (non-hydrogen) atoms. The van der Waals surface area contributed by atoms with Crippen LogP contribution in [0.4, 0.5) is 0 Å². The summed E-state index contributed by atoms with van der Waals surface area (Å²) in [5, 5.41) is 9.98. The van der Waals surface area contributed by atoms with E-state index in [4.69, 9.17) is 4.43 Å². The van der Waals surface area contributed by atoms with E-state index in [-0.39, 0.29) is 11.5 Å². The second-order valence-corrected chi connectivity index (χ2v) is 8.81. The van der Waals surface area contributed by atoms with Crippen molar-refractivity contribution in [2.45, 2.75) is 45.3 Å². The molecule has 2 aromatic rings. The number of aliphatic hydroxyl groups is 1. The summed E-state index contributed by atoms with van der Waals surface area (Å²) in [6.07, 6.45) is 1.58. The highest BCUT2D eigenvalue weighted by Gasteiger charge is 2.53. The van der Waals surface area contributed by atoms with E-state index in [0.717, 1.165) is 12.8 Å². The molecule has 1 fully saturated rings. The number of benzene rings is 2. The summed E-state index contributed by atoms with van der Waals surface area (Å²) in [5.74, 6) is 0.759. The molecule has 0 bridgehead atoms. The third-order valence-corrected chi connectivity index (χ3v) is 6.36. The largest absolute Gasteiger partial charge is 0.414 e. The Labute approximate surface area is 154 Å². The molecule has 0 radical (unpaired) electrons. The highest BCUT2D eigenvalue weighted by Crippen LogP contribution is 2.55. The molecule has 0 amide bonds. The van der Waals surface area contributed by atoms with Crippen LogP contribution in [0.2, 0.25) is 0 Å². The van der Waals surface area contributed by atoms with Crippen LogP contribution in [0.5, 0.6) is 0 Å². The molecule has 3 heteroatoms. The maximum Gasteiger partial charge on any atom is 0.147 e. The molecule has 1 N–H and O–H groups in total. The average Bonchev–Trinajstić information content (AvgIpc) is 2.58. The highest BCUT2D eigenvalue weighted by molar-refractivity contribution is 5.98. The van der Waals surface area contributed by atoms with Gasteiger partial charge in [0.25, 0.3) is 0 Å². The average molecular weight is 355 g/mol. The van der Waals surface area contributed by atoms with Gasteiger partial charge in [-0.05, 0) is 35.3 Å². The van der Waals surface area contributed by atoms with Crippen molar-refractivity contribution in [2.24, 2.45) is 17.3 Å². The summed E-state index contributed by atoms with van der Waals surface area (Å²) in [5.41, 5.74) is 2.04. The first kappa shape index (κ1) is 18.4. The van der Waals surface area contributed by atoms with Gasteiger partial charge in [-0.2, -0.15) is 0 Å². The zero-order chi connectivity index (χ0) is 18.1. The van der Waals surface area contributed by atoms with Crippen LogP contribution >= 0.6 is 0 Å². The van der Waals surface area contributed by atoms with Crippen molar-refractivity contribution in [1.82, 2.24) is 0 Å². The Hall–Kier alpha value is -1.42. The first-order chi connectivity index (χ1) is 11.9. The Bertz CT molecular complexity index is 633. The van der Waals surface area contributed by atoms with Crippen molar-refractivity contribution >= 4 is 10.5 Å². The summed E-state index contributed by atoms with van der Waals surface area (Å²) in [4.78, 5) is 0. The second-order valence-electron chi connectivity index (χ2n) is 8.40. The molecule has 0 spiro atoms. The van der Waals surface area contributed by atoms with E-state index >= 15 is 0 Å². The number of rotatable bonds is 5. The molecule has 0 aromatic heterocycles. The van der Waals surface area contributed by atoms with Gasteiger partial charge in [-0.15, -0.1) is 0 Å². The molecule has 0 saturated heterocycles. The molecule has 3 rings (SSSR count). The Morgan fingerprint density at radius 1 is 0.920 bits per heavy atom. The zero-order valence-corrected chi connectivity index (χ0v) is 17.8. The van der Waals surface area contributed by atoms with E-state index in [9.17, 15) is 5.11 Å². The van der Waals surface area contributed by atoms with Crippen LogP contribution in [0.15, 0.2) is 60.7 Å². The Balaban J connectivity index is 2.22. The zero-order valence-electron chi connectivity index (χ0n) is 15.8. The fraction of sp³-hybridized carbons (Fsp3) is 0.455. The van der Waals surface area contributed by atoms with Crippen molar-refractivity contribution in [3.8, 4) is 0 Å². The van der Waals surface area contributed by atoms with E-state index in [1.54, 1.807) is 0 Å². The highest BCUT2D eigenvalue weighted by atomic mass is 28.2. The Kier molecular flexibility index (Phi) is 5.19. The van der Waals surface area contributed by atoms with Gasteiger partial charge < -0.3 is 9.53 Å². The standard InChI is InChI=1S/C22H30O2Si/c1-21(2,3)20(16-14-19(23)15-16)22(24-25,17-10-6-4-7-11-17)18-12-8-5-9-13-18/h4-13,16,19-20,23H,14-15H2,1-3,25H3/t16-,19+,20?. The Morgan fingerprint density at radius 2 is 1.36 bits per heavy atom. The lowest BCUT2D eigenvalue weighted by Gasteiger charge is -2.54. The van der Waals surface area contributed by atoms with Gasteiger partial charge in [0.1, 0.15) is 16.1 Å². The minimum atomic E-state index is -0.461. The maximum absolute atomic E-state index is 9.98. The van der Waals surface area contributed by atoms with Crippen molar-refractivity contribution < 1.29 is 9.53 Å². The van der Waals surface area contributed by atoms with Crippen LogP contribution in [0, 0.1) is 17.3 Å². The van der Waals surface area contributed by atoms with Gasteiger partial charge in [-0.25, -0.2) is 0 Å². The topological polar surface area (TPSA) is 29.5 Å². The molecular formula is C22H30O2Si. The summed E-state index contributed by atoms with van der Waals surface area (Å²) in [7, 11) is 0.652. The van der Waals surface area contributed by atoms with Crippen LogP contribution in [-0.4, -0.2) is 21.7 Å². The fourth-order valence-corrected chi connectivity index (χ4v) is 5.54. The molecule has 134 valence electrons. The van der Waals surface area contributed by atoms with Gasteiger partial charge >= 0.3 is 0 Å². The van der Waals surface area contributed by atoms with Crippen molar-refractivity contribution in [2.75, 3.05) is 0 Å². The van der Waals surface area contributed by atoms with E-state index < -0.39 is 5.60 Å². The molecule has 1 atom stereocenters. The quantitative estimate of drug-likeness (QED) is 0.831. The van der Waals surface area contributed by atoms with Gasteiger partial charge in [-0.1, -0.05) is 81.4 Å². The van der Waals surface area contributed by atoms with E-state index in [1.807, 2.05) is 0 Å². The van der Waals surface area contributed by atoms with Crippen molar-refractivity contribution in [3.05, 3.63) is 71.8 Å². The number of hydrogen-bond donors (Lipinski definition) is 1. The van der Waals surface area contributed by atoms with Gasteiger partial charge in [0, 0.05) is 5.92 Å². The first-order valence-electron chi connectivity index (χ1n) is 9.24. The lowest BCUT2D eigenvalue weighted by molar-refractivity contribution is -0.0968. The van der Waals surface area contributed by atoms with E-state index in [2.05, 4.69) is 81.4 Å². The third-order valence-electron chi connectivity index (χ3n) is 5.72. The molecule has 1 aliphatic rings. The predicted molar refractivity (Wildman–Crippen MR) is 106 cm³/mol. The van der Waals surface area contributed by atoms with Gasteiger partial charge in [0.2, 0.25) is 0 Å². The van der Waals surface area contributed by atoms with E-state index in [0.29, 0.717) is 22.3 Å². The van der Waals surface area contributed by atoms with E-state index in [1.165, 1.54) is 11.1 Å². The molecule has 1 unspecified atom stereocenters. The van der Waals surface area contributed by atoms with Gasteiger partial charge in [-0.3, -0.25) is 0 Å². The SMILES string of the molecule is CC(C)(C)C([C@H]1C[C@@H](O)C1)C(O[SiH3])(c1ccccc1)c1ccccc1. The predicted octanol–water partition coefficient (Wildman–Crippen LogP) is 3.66. The van der Waals surface area contributed by atoms with Crippen LogP contribution in [0.25, 0.3) is 0 Å². The van der Waals surface area contributed by atoms with Crippen LogP contribution in [0.1, 0.15) is 44.7 Å². The molecule has 1 aliphatic carbocycles. The summed E-state index contributed by atoms with van der Waals surface area (Å²) < 4.78 is 6.55. The molecule has 2 nitrogen and oxygen atoms in total. The number of hydrogen-bond acceptors (Lipinski definition) is 2. The van der Waals surface area contributed by atoms with Crippen molar-refractivity contribution in [1.29, 1.82) is 0 Å². The van der Waals surface area contributed by atoms with Crippen LogP contribution in [-0.2, 0) is 10.0 Å². The molecule has 2 aromatic carbocycles. The minimum Gasteiger partial charge on any atom is -0.414 e. The third kappa shape index (κ3) is 3.33. The smallest absolute Gasteiger partial charge is 0.147 e. The van der Waals surface area contributed by atoms with Gasteiger partial charge in [0.05, 0.1) is 6.10 Å². The monoisotopic (exact) mass is 354 g/mol. The normalized spacial score (nSPS) is 22.4. The summed E-state index contributed by atoms with van der Waals surface area (Å²) in [6.45, 7) is 6.93. The molecular weight excluding hydrogens is 324 g/mol. The van der Waals surface area contributed by atoms with Crippen LogP contribution in [0.3, 0.4) is 0 Å². The summed E-state index contributed by atoms with van der Waals surface area (Å²) in [6, 6.07) is 21.3. The molecule has 0 heterocycles. The molecule has 0 aliphatic heterocycles. The van der Waals surface area contributed by atoms with Gasteiger partial charge in [0.15, 0.2) is 0 Å². The number of aliphatic hydroxyl groups excluding tert-OH is 1. The fourth-order valence-electron chi connectivity index (χ4n) is 4.81. The lowest BCUT2D eigenvalue weighted by atomic mass is 9.55. The summed E-state index contributed by atoms with van der Waals surface area (Å²) >= 11 is 0. The van der Waals surface area contributed by atoms with Crippen molar-refractivity contribution in [3.63, 3.8) is 0 Å². The molecule has 1 saturated carbocycles. The van der Waals surface area contributed by atoms with Crippen LogP contribution < -0.4 is 0 Å².